The van der Waals surface area contributed by atoms with Gasteiger partial charge < -0.3 is 20.0 Å². The number of hydrogen-bond acceptors (Lipinski definition) is 5. The first-order chi connectivity index (χ1) is 18.2. The van der Waals surface area contributed by atoms with Crippen molar-refractivity contribution in [3.05, 3.63) is 126 Å². The number of benzene rings is 3. The van der Waals surface area contributed by atoms with Crippen molar-refractivity contribution in [2.24, 2.45) is 0 Å². The topological polar surface area (TPSA) is 87.5 Å². The second-order valence-electron chi connectivity index (χ2n) is 8.63. The maximum Gasteiger partial charge on any atom is 0.260 e. The summed E-state index contributed by atoms with van der Waals surface area (Å²) < 4.78 is 5.17. The Bertz CT molecular complexity index is 1590. The van der Waals surface area contributed by atoms with Gasteiger partial charge in [-0.2, -0.15) is 0 Å². The normalized spacial score (nSPS) is 12.1. The van der Waals surface area contributed by atoms with Crippen molar-refractivity contribution < 1.29 is 14.0 Å². The SMILES string of the molecule is O=C(Nc1ccc(C(=O)N2Cc3ccccc3Nc3ccccc32)cn1)c1ccccc1-c1ccoc1. The van der Waals surface area contributed by atoms with Crippen molar-refractivity contribution in [1.29, 1.82) is 0 Å². The molecule has 0 saturated carbocycles. The molecule has 7 nitrogen and oxygen atoms in total. The largest absolute Gasteiger partial charge is 0.472 e. The molecular weight excluding hydrogens is 464 g/mol. The van der Waals surface area contributed by atoms with Crippen LogP contribution in [0.1, 0.15) is 26.3 Å². The lowest BCUT2D eigenvalue weighted by Gasteiger charge is -2.22. The molecule has 0 saturated heterocycles. The van der Waals surface area contributed by atoms with E-state index in [1.165, 1.54) is 6.20 Å². The molecule has 0 radical (unpaired) electrons. The summed E-state index contributed by atoms with van der Waals surface area (Å²) in [6.07, 6.45) is 4.66. The van der Waals surface area contributed by atoms with Crippen LogP contribution in [0.15, 0.2) is 114 Å². The summed E-state index contributed by atoms with van der Waals surface area (Å²) in [7, 11) is 0. The third-order valence-corrected chi connectivity index (χ3v) is 6.31. The first-order valence-corrected chi connectivity index (χ1v) is 11.8. The molecule has 0 aliphatic carbocycles. The maximum atomic E-state index is 13.6. The van der Waals surface area contributed by atoms with Gasteiger partial charge in [-0.25, -0.2) is 4.98 Å². The smallest absolute Gasteiger partial charge is 0.260 e. The number of pyridine rings is 1. The van der Waals surface area contributed by atoms with Gasteiger partial charge in [0.1, 0.15) is 5.82 Å². The average molecular weight is 487 g/mol. The standard InChI is InChI=1S/C30H22N4O3/c35-29(24-9-3-2-8-23(24)22-15-16-37-19-22)33-28-14-13-20(17-31-28)30(36)34-18-21-7-1-4-10-25(21)32-26-11-5-6-12-27(26)34/h1-17,19,32H,18H2,(H,31,33,35). The minimum absolute atomic E-state index is 0.179. The lowest BCUT2D eigenvalue weighted by Crippen LogP contribution is -2.30. The van der Waals surface area contributed by atoms with E-state index in [2.05, 4.69) is 15.6 Å². The van der Waals surface area contributed by atoms with Gasteiger partial charge in [-0.15, -0.1) is 0 Å². The molecule has 2 aromatic heterocycles. The quantitative estimate of drug-likeness (QED) is 0.303. The highest BCUT2D eigenvalue weighted by Gasteiger charge is 2.25. The minimum Gasteiger partial charge on any atom is -0.472 e. The Morgan fingerprint density at radius 2 is 1.65 bits per heavy atom. The number of para-hydroxylation sites is 3. The van der Waals surface area contributed by atoms with Crippen LogP contribution < -0.4 is 15.5 Å². The van der Waals surface area contributed by atoms with Crippen molar-refractivity contribution in [3.8, 4) is 11.1 Å². The van der Waals surface area contributed by atoms with Gasteiger partial charge >= 0.3 is 0 Å². The lowest BCUT2D eigenvalue weighted by atomic mass is 10.0. The van der Waals surface area contributed by atoms with Crippen molar-refractivity contribution in [2.45, 2.75) is 6.54 Å². The Morgan fingerprint density at radius 1 is 0.865 bits per heavy atom. The van der Waals surface area contributed by atoms with E-state index >= 15 is 0 Å². The van der Waals surface area contributed by atoms with Crippen LogP contribution in [0, 0.1) is 0 Å². The lowest BCUT2D eigenvalue weighted by molar-refractivity contribution is 0.0984. The summed E-state index contributed by atoms with van der Waals surface area (Å²) in [5.41, 5.74) is 6.12. The monoisotopic (exact) mass is 486 g/mol. The first kappa shape index (κ1) is 22.3. The summed E-state index contributed by atoms with van der Waals surface area (Å²) >= 11 is 0. The van der Waals surface area contributed by atoms with Gasteiger partial charge in [-0.05, 0) is 53.6 Å². The molecule has 0 bridgehead atoms. The van der Waals surface area contributed by atoms with E-state index in [1.54, 1.807) is 47.8 Å². The molecule has 2 N–H and O–H groups in total. The summed E-state index contributed by atoms with van der Waals surface area (Å²) in [6.45, 7) is 0.419. The van der Waals surface area contributed by atoms with Crippen molar-refractivity contribution >= 4 is 34.7 Å². The zero-order valence-corrected chi connectivity index (χ0v) is 19.7. The number of nitrogens with zero attached hydrogens (tertiary/aromatic N) is 2. The maximum absolute atomic E-state index is 13.6. The molecule has 3 aromatic carbocycles. The fourth-order valence-electron chi connectivity index (χ4n) is 4.46. The Balaban J connectivity index is 1.24. The molecule has 2 amide bonds. The van der Waals surface area contributed by atoms with E-state index in [9.17, 15) is 9.59 Å². The number of amides is 2. The van der Waals surface area contributed by atoms with Gasteiger partial charge in [0.2, 0.25) is 0 Å². The summed E-state index contributed by atoms with van der Waals surface area (Å²) in [5.74, 6) is -0.124. The highest BCUT2D eigenvalue weighted by molar-refractivity contribution is 6.10. The fraction of sp³-hybridized carbons (Fsp3) is 0.0333. The van der Waals surface area contributed by atoms with E-state index in [0.717, 1.165) is 33.8 Å². The van der Waals surface area contributed by atoms with E-state index < -0.39 is 0 Å². The van der Waals surface area contributed by atoms with E-state index in [1.807, 2.05) is 60.7 Å². The van der Waals surface area contributed by atoms with Crippen LogP contribution in [0.3, 0.4) is 0 Å². The van der Waals surface area contributed by atoms with Gasteiger partial charge in [-0.1, -0.05) is 48.5 Å². The van der Waals surface area contributed by atoms with Crippen LogP contribution in [0.4, 0.5) is 22.9 Å². The Kier molecular flexibility index (Phi) is 5.71. The van der Waals surface area contributed by atoms with Crippen LogP contribution in [0.25, 0.3) is 11.1 Å². The van der Waals surface area contributed by atoms with E-state index in [4.69, 9.17) is 4.42 Å². The molecule has 1 aliphatic heterocycles. The number of rotatable bonds is 4. The van der Waals surface area contributed by atoms with Crippen molar-refractivity contribution in [2.75, 3.05) is 15.5 Å². The molecule has 7 heteroatoms. The van der Waals surface area contributed by atoms with E-state index in [0.29, 0.717) is 23.5 Å². The van der Waals surface area contributed by atoms with Gasteiger partial charge in [0.25, 0.3) is 11.8 Å². The third kappa shape index (κ3) is 4.34. The number of hydrogen-bond donors (Lipinski definition) is 2. The predicted molar refractivity (Wildman–Crippen MR) is 143 cm³/mol. The van der Waals surface area contributed by atoms with Crippen LogP contribution in [-0.2, 0) is 6.54 Å². The number of furan rings is 1. The number of fused-ring (bicyclic) bond motifs is 2. The minimum atomic E-state index is -0.299. The van der Waals surface area contributed by atoms with Crippen molar-refractivity contribution in [1.82, 2.24) is 4.98 Å². The number of carbonyl (C=O) groups excluding carboxylic acids is 2. The number of carbonyl (C=O) groups is 2. The molecule has 0 atom stereocenters. The molecular formula is C30H22N4O3. The molecule has 6 rings (SSSR count). The molecule has 1 aliphatic rings. The molecule has 3 heterocycles. The molecule has 0 spiro atoms. The highest BCUT2D eigenvalue weighted by atomic mass is 16.3. The van der Waals surface area contributed by atoms with Gasteiger partial charge in [0.15, 0.2) is 0 Å². The summed E-state index contributed by atoms with van der Waals surface area (Å²) in [6, 6.07) is 28.1. The second kappa shape index (κ2) is 9.47. The zero-order chi connectivity index (χ0) is 25.2. The average Bonchev–Trinajstić information content (AvgIpc) is 3.42. The molecule has 5 aromatic rings. The molecule has 0 fully saturated rings. The molecule has 0 unspecified atom stereocenters. The molecule has 37 heavy (non-hydrogen) atoms. The number of aromatic nitrogens is 1. The van der Waals surface area contributed by atoms with Gasteiger partial charge in [-0.3, -0.25) is 9.59 Å². The van der Waals surface area contributed by atoms with E-state index in [-0.39, 0.29) is 11.8 Å². The number of nitrogens with one attached hydrogen (secondary N) is 2. The predicted octanol–water partition coefficient (Wildman–Crippen LogP) is 6.50. The third-order valence-electron chi connectivity index (χ3n) is 6.31. The van der Waals surface area contributed by atoms with Crippen LogP contribution in [0.5, 0.6) is 0 Å². The summed E-state index contributed by atoms with van der Waals surface area (Å²) in [5, 5.41) is 6.27. The van der Waals surface area contributed by atoms with Crippen LogP contribution in [0.2, 0.25) is 0 Å². The highest BCUT2D eigenvalue weighted by Crippen LogP contribution is 2.36. The Hall–Kier alpha value is -5.17. The first-order valence-electron chi connectivity index (χ1n) is 11.8. The van der Waals surface area contributed by atoms with Gasteiger partial charge in [0.05, 0.1) is 36.0 Å². The van der Waals surface area contributed by atoms with Crippen LogP contribution in [-0.4, -0.2) is 16.8 Å². The number of anilines is 4. The Morgan fingerprint density at radius 3 is 2.46 bits per heavy atom. The van der Waals surface area contributed by atoms with Crippen molar-refractivity contribution in [3.63, 3.8) is 0 Å². The fourth-order valence-corrected chi connectivity index (χ4v) is 4.46. The van der Waals surface area contributed by atoms with Gasteiger partial charge in [0, 0.05) is 23.0 Å². The second-order valence-corrected chi connectivity index (χ2v) is 8.63. The summed E-state index contributed by atoms with van der Waals surface area (Å²) in [4.78, 5) is 32.7. The Labute approximate surface area is 213 Å². The molecule has 180 valence electrons. The van der Waals surface area contributed by atoms with Crippen LogP contribution >= 0.6 is 0 Å². The zero-order valence-electron chi connectivity index (χ0n) is 19.7.